The summed E-state index contributed by atoms with van der Waals surface area (Å²) in [5, 5.41) is 12.9. The number of hydrogen-bond donors (Lipinski definition) is 1. The van der Waals surface area contributed by atoms with Crippen LogP contribution in [-0.4, -0.2) is 16.3 Å². The van der Waals surface area contributed by atoms with Crippen LogP contribution in [0.2, 0.25) is 5.02 Å². The van der Waals surface area contributed by atoms with E-state index in [-0.39, 0.29) is 5.75 Å². The first-order chi connectivity index (χ1) is 10.2. The molecule has 0 spiro atoms. The van der Waals surface area contributed by atoms with Crippen molar-refractivity contribution in [1.29, 1.82) is 0 Å². The molecule has 2 aromatic carbocycles. The first-order valence-electron chi connectivity index (χ1n) is 6.26. The van der Waals surface area contributed by atoms with E-state index in [1.54, 1.807) is 24.4 Å². The third-order valence-corrected chi connectivity index (χ3v) is 3.85. The number of nitrogens with zero attached hydrogens (tertiary/aromatic N) is 2. The fraction of sp³-hybridized carbons (Fsp3) is 0. The van der Waals surface area contributed by atoms with Crippen LogP contribution < -0.4 is 0 Å². The Kier molecular flexibility index (Phi) is 3.99. The Morgan fingerprint density at radius 3 is 2.76 bits per heavy atom. The van der Waals surface area contributed by atoms with Crippen molar-refractivity contribution in [2.45, 2.75) is 0 Å². The highest BCUT2D eigenvalue weighted by Crippen LogP contribution is 2.27. The van der Waals surface area contributed by atoms with Crippen LogP contribution in [0, 0.1) is 0 Å². The number of phenols is 1. The number of aliphatic imine (C=N–C) groups is 1. The highest BCUT2D eigenvalue weighted by Gasteiger charge is 2.03. The summed E-state index contributed by atoms with van der Waals surface area (Å²) in [5.74, 6) is 0.142. The summed E-state index contributed by atoms with van der Waals surface area (Å²) in [5.41, 5.74) is 2.52. The number of halogens is 1. The summed E-state index contributed by atoms with van der Waals surface area (Å²) in [4.78, 5) is 8.74. The fourth-order valence-corrected chi connectivity index (χ4v) is 2.67. The lowest BCUT2D eigenvalue weighted by atomic mass is 10.2. The molecule has 21 heavy (non-hydrogen) atoms. The highest BCUT2D eigenvalue weighted by molar-refractivity contribution is 7.13. The Morgan fingerprint density at radius 2 is 1.95 bits per heavy atom. The molecule has 0 atom stereocenters. The molecule has 1 N–H and O–H groups in total. The first kappa shape index (κ1) is 13.8. The Balaban J connectivity index is 1.84. The van der Waals surface area contributed by atoms with Crippen LogP contribution >= 0.6 is 22.9 Å². The van der Waals surface area contributed by atoms with Gasteiger partial charge in [-0.05, 0) is 18.2 Å². The van der Waals surface area contributed by atoms with Crippen LogP contribution in [0.1, 0.15) is 5.56 Å². The molecule has 3 nitrogen and oxygen atoms in total. The average molecular weight is 315 g/mol. The highest BCUT2D eigenvalue weighted by atomic mass is 35.5. The quantitative estimate of drug-likeness (QED) is 0.697. The number of thiazole rings is 1. The van der Waals surface area contributed by atoms with Crippen LogP contribution in [0.15, 0.2) is 58.9 Å². The fourth-order valence-electron chi connectivity index (χ4n) is 1.82. The van der Waals surface area contributed by atoms with Crippen molar-refractivity contribution < 1.29 is 5.11 Å². The van der Waals surface area contributed by atoms with E-state index < -0.39 is 0 Å². The SMILES string of the molecule is Oc1ccc(Cl)cc1/C=N/c1nc(-c2ccccc2)cs1. The molecule has 0 aliphatic carbocycles. The van der Waals surface area contributed by atoms with Crippen LogP contribution in [0.3, 0.4) is 0 Å². The minimum Gasteiger partial charge on any atom is -0.507 e. The van der Waals surface area contributed by atoms with Gasteiger partial charge in [0.15, 0.2) is 0 Å². The lowest BCUT2D eigenvalue weighted by Gasteiger charge is -1.98. The molecule has 1 heterocycles. The number of rotatable bonds is 3. The van der Waals surface area contributed by atoms with Gasteiger partial charge in [0.1, 0.15) is 5.75 Å². The Labute approximate surface area is 131 Å². The zero-order valence-corrected chi connectivity index (χ0v) is 12.5. The van der Waals surface area contributed by atoms with Gasteiger partial charge in [-0.3, -0.25) is 0 Å². The van der Waals surface area contributed by atoms with Gasteiger partial charge in [0, 0.05) is 27.7 Å². The van der Waals surface area contributed by atoms with Crippen molar-refractivity contribution in [3.8, 4) is 17.0 Å². The third kappa shape index (κ3) is 3.29. The van der Waals surface area contributed by atoms with E-state index in [9.17, 15) is 5.11 Å². The van der Waals surface area contributed by atoms with Crippen LogP contribution in [-0.2, 0) is 0 Å². The summed E-state index contributed by atoms with van der Waals surface area (Å²) < 4.78 is 0. The molecule has 0 fully saturated rings. The molecular weight excluding hydrogens is 304 g/mol. The van der Waals surface area contributed by atoms with Gasteiger partial charge in [-0.1, -0.05) is 41.9 Å². The molecular formula is C16H11ClN2OS. The second kappa shape index (κ2) is 6.08. The molecule has 0 amide bonds. The lowest BCUT2D eigenvalue weighted by Crippen LogP contribution is -1.82. The number of hydrogen-bond acceptors (Lipinski definition) is 4. The summed E-state index contributed by atoms with van der Waals surface area (Å²) >= 11 is 7.35. The molecule has 0 bridgehead atoms. The Morgan fingerprint density at radius 1 is 1.14 bits per heavy atom. The average Bonchev–Trinajstić information content (AvgIpc) is 2.98. The minimum atomic E-state index is 0.142. The number of aromatic hydroxyl groups is 1. The van der Waals surface area contributed by atoms with Gasteiger partial charge in [-0.2, -0.15) is 0 Å². The normalized spacial score (nSPS) is 11.1. The van der Waals surface area contributed by atoms with Crippen molar-refractivity contribution in [3.63, 3.8) is 0 Å². The molecule has 104 valence electrons. The second-order valence-corrected chi connectivity index (χ2v) is 5.62. The standard InChI is InChI=1S/C16H11ClN2OS/c17-13-6-7-15(20)12(8-13)9-18-16-19-14(10-21-16)11-4-2-1-3-5-11/h1-10,20H/b18-9+. The van der Waals surface area contributed by atoms with Gasteiger partial charge in [0.2, 0.25) is 5.13 Å². The zero-order valence-electron chi connectivity index (χ0n) is 10.9. The van der Waals surface area contributed by atoms with E-state index in [1.165, 1.54) is 11.3 Å². The molecule has 0 saturated heterocycles. The van der Waals surface area contributed by atoms with Gasteiger partial charge in [0.25, 0.3) is 0 Å². The number of benzene rings is 2. The van der Waals surface area contributed by atoms with Crippen LogP contribution in [0.4, 0.5) is 5.13 Å². The van der Waals surface area contributed by atoms with Gasteiger partial charge < -0.3 is 5.11 Å². The second-order valence-electron chi connectivity index (χ2n) is 4.34. The molecule has 1 aromatic heterocycles. The van der Waals surface area contributed by atoms with Crippen molar-refractivity contribution >= 4 is 34.3 Å². The van der Waals surface area contributed by atoms with E-state index in [0.29, 0.717) is 15.7 Å². The Bertz CT molecular complexity index is 784. The van der Waals surface area contributed by atoms with Crippen LogP contribution in [0.25, 0.3) is 11.3 Å². The maximum absolute atomic E-state index is 9.73. The van der Waals surface area contributed by atoms with Gasteiger partial charge >= 0.3 is 0 Å². The molecule has 0 aliphatic rings. The maximum Gasteiger partial charge on any atom is 0.209 e. The molecule has 0 unspecified atom stereocenters. The molecule has 0 radical (unpaired) electrons. The van der Waals surface area contributed by atoms with Crippen molar-refractivity contribution in [3.05, 3.63) is 64.5 Å². The van der Waals surface area contributed by atoms with E-state index >= 15 is 0 Å². The largest absolute Gasteiger partial charge is 0.507 e. The van der Waals surface area contributed by atoms with Gasteiger partial charge in [-0.25, -0.2) is 9.98 Å². The number of aromatic nitrogens is 1. The van der Waals surface area contributed by atoms with E-state index in [2.05, 4.69) is 9.98 Å². The predicted molar refractivity (Wildman–Crippen MR) is 87.9 cm³/mol. The summed E-state index contributed by atoms with van der Waals surface area (Å²) in [6.45, 7) is 0. The summed E-state index contributed by atoms with van der Waals surface area (Å²) in [6, 6.07) is 14.8. The van der Waals surface area contributed by atoms with Gasteiger partial charge in [-0.15, -0.1) is 11.3 Å². The molecule has 5 heteroatoms. The van der Waals surface area contributed by atoms with E-state index in [4.69, 9.17) is 11.6 Å². The zero-order chi connectivity index (χ0) is 14.7. The van der Waals surface area contributed by atoms with Crippen molar-refractivity contribution in [2.24, 2.45) is 4.99 Å². The van der Waals surface area contributed by atoms with Crippen molar-refractivity contribution in [2.75, 3.05) is 0 Å². The first-order valence-corrected chi connectivity index (χ1v) is 7.52. The smallest absolute Gasteiger partial charge is 0.209 e. The summed E-state index contributed by atoms with van der Waals surface area (Å²) in [7, 11) is 0. The topological polar surface area (TPSA) is 45.5 Å². The molecule has 0 saturated carbocycles. The Hall–Kier alpha value is -2.17. The van der Waals surface area contributed by atoms with Gasteiger partial charge in [0.05, 0.1) is 5.69 Å². The monoisotopic (exact) mass is 314 g/mol. The van der Waals surface area contributed by atoms with Crippen molar-refractivity contribution in [1.82, 2.24) is 4.98 Å². The number of phenolic OH excluding ortho intramolecular Hbond substituents is 1. The van der Waals surface area contributed by atoms with E-state index in [1.807, 2.05) is 35.7 Å². The third-order valence-electron chi connectivity index (χ3n) is 2.87. The van der Waals surface area contributed by atoms with E-state index in [0.717, 1.165) is 11.3 Å². The van der Waals surface area contributed by atoms with Crippen LogP contribution in [0.5, 0.6) is 5.75 Å². The molecule has 0 aliphatic heterocycles. The molecule has 3 rings (SSSR count). The maximum atomic E-state index is 9.73. The minimum absolute atomic E-state index is 0.142. The lowest BCUT2D eigenvalue weighted by molar-refractivity contribution is 0.474. The molecule has 3 aromatic rings. The summed E-state index contributed by atoms with van der Waals surface area (Å²) in [6.07, 6.45) is 1.56. The predicted octanol–water partition coefficient (Wildman–Crippen LogP) is 4.92.